The van der Waals surface area contributed by atoms with Crippen LogP contribution in [0.25, 0.3) is 0 Å². The van der Waals surface area contributed by atoms with E-state index in [1.165, 1.54) is 7.05 Å². The summed E-state index contributed by atoms with van der Waals surface area (Å²) in [6, 6.07) is -0.629. The topological polar surface area (TPSA) is 102 Å². The summed E-state index contributed by atoms with van der Waals surface area (Å²) in [4.78, 5) is 36.2. The van der Waals surface area contributed by atoms with Crippen LogP contribution in [-0.2, 0) is 19.1 Å². The zero-order chi connectivity index (χ0) is 14.0. The highest BCUT2D eigenvalue weighted by atomic mass is 16.5. The number of rotatable bonds is 3. The van der Waals surface area contributed by atoms with Gasteiger partial charge in [-0.15, -0.1) is 0 Å². The van der Waals surface area contributed by atoms with Crippen LogP contribution in [0.15, 0.2) is 0 Å². The van der Waals surface area contributed by atoms with Gasteiger partial charge in [0.15, 0.2) is 0 Å². The average Bonchev–Trinajstić information content (AvgIpc) is 2.88. The number of likely N-dealkylation sites (N-methyl/N-ethyl adjacent to an activating group) is 1. The molecule has 3 unspecified atom stereocenters. The lowest BCUT2D eigenvalue weighted by atomic mass is 10.0. The normalized spacial score (nSPS) is 31.7. The van der Waals surface area contributed by atoms with E-state index in [0.29, 0.717) is 19.4 Å². The van der Waals surface area contributed by atoms with Gasteiger partial charge in [-0.25, -0.2) is 0 Å². The highest BCUT2D eigenvalue weighted by Gasteiger charge is 2.36. The molecule has 19 heavy (non-hydrogen) atoms. The number of carbonyl (C=O) groups excluding carboxylic acids is 3. The molecule has 0 aromatic carbocycles. The first-order chi connectivity index (χ1) is 9.02. The van der Waals surface area contributed by atoms with E-state index in [1.807, 2.05) is 0 Å². The minimum absolute atomic E-state index is 0.0814. The van der Waals surface area contributed by atoms with Crippen LogP contribution in [0.2, 0.25) is 0 Å². The number of hydrogen-bond donors (Lipinski definition) is 2. The van der Waals surface area contributed by atoms with Gasteiger partial charge in [0.1, 0.15) is 12.1 Å². The zero-order valence-electron chi connectivity index (χ0n) is 10.9. The molecule has 0 aromatic rings. The second-order valence-electron chi connectivity index (χ2n) is 4.95. The summed E-state index contributed by atoms with van der Waals surface area (Å²) >= 11 is 0. The van der Waals surface area contributed by atoms with Crippen LogP contribution in [0.3, 0.4) is 0 Å². The summed E-state index contributed by atoms with van der Waals surface area (Å²) in [6.07, 6.45) is 1.37. The fourth-order valence-corrected chi connectivity index (χ4v) is 2.39. The van der Waals surface area contributed by atoms with Gasteiger partial charge in [-0.2, -0.15) is 0 Å². The molecule has 2 saturated heterocycles. The number of hydrogen-bond acceptors (Lipinski definition) is 5. The quantitative estimate of drug-likeness (QED) is 0.624. The molecule has 2 aliphatic heterocycles. The van der Waals surface area contributed by atoms with Gasteiger partial charge < -0.3 is 15.8 Å². The molecule has 2 aliphatic rings. The highest BCUT2D eigenvalue weighted by Crippen LogP contribution is 2.20. The van der Waals surface area contributed by atoms with Gasteiger partial charge in [-0.05, 0) is 19.3 Å². The predicted molar refractivity (Wildman–Crippen MR) is 65.9 cm³/mol. The van der Waals surface area contributed by atoms with Crippen molar-refractivity contribution in [3.8, 4) is 0 Å². The Morgan fingerprint density at radius 2 is 2.16 bits per heavy atom. The predicted octanol–water partition coefficient (Wildman–Crippen LogP) is -1.24. The zero-order valence-corrected chi connectivity index (χ0v) is 10.9. The molecule has 0 saturated carbocycles. The van der Waals surface area contributed by atoms with Crippen molar-refractivity contribution in [1.82, 2.24) is 10.2 Å². The first kappa shape index (κ1) is 14.0. The maximum Gasteiger partial charge on any atom is 0.251 e. The van der Waals surface area contributed by atoms with Crippen LogP contribution < -0.4 is 11.1 Å². The smallest absolute Gasteiger partial charge is 0.251 e. The molecule has 3 N–H and O–H groups in total. The lowest BCUT2D eigenvalue weighted by Gasteiger charge is -2.28. The third-order valence-corrected chi connectivity index (χ3v) is 3.63. The number of carbonyl (C=O) groups is 3. The molecule has 3 atom stereocenters. The Morgan fingerprint density at radius 1 is 1.42 bits per heavy atom. The van der Waals surface area contributed by atoms with Crippen molar-refractivity contribution >= 4 is 17.7 Å². The van der Waals surface area contributed by atoms with E-state index in [2.05, 4.69) is 5.32 Å². The Bertz CT molecular complexity index is 398. The molecule has 0 bridgehead atoms. The molecule has 3 amide bonds. The van der Waals surface area contributed by atoms with Gasteiger partial charge >= 0.3 is 0 Å². The second kappa shape index (κ2) is 5.66. The van der Waals surface area contributed by atoms with Crippen molar-refractivity contribution in [2.24, 2.45) is 5.73 Å². The lowest BCUT2D eigenvalue weighted by Crippen LogP contribution is -2.54. The van der Waals surface area contributed by atoms with Crippen molar-refractivity contribution in [3.05, 3.63) is 0 Å². The average molecular weight is 269 g/mol. The van der Waals surface area contributed by atoms with E-state index in [4.69, 9.17) is 10.5 Å². The maximum atomic E-state index is 12.0. The highest BCUT2D eigenvalue weighted by molar-refractivity contribution is 6.01. The third kappa shape index (κ3) is 2.93. The summed E-state index contributed by atoms with van der Waals surface area (Å²) in [6.45, 7) is 0.392. The fraction of sp³-hybridized carbons (Fsp3) is 0.750. The molecule has 0 radical (unpaired) electrons. The Labute approximate surface area is 111 Å². The van der Waals surface area contributed by atoms with Crippen LogP contribution in [0.5, 0.6) is 0 Å². The molecule has 7 nitrogen and oxygen atoms in total. The minimum Gasteiger partial charge on any atom is -0.364 e. The molecule has 2 rings (SSSR count). The van der Waals surface area contributed by atoms with E-state index in [1.54, 1.807) is 0 Å². The number of likely N-dealkylation sites (tertiary alicyclic amines) is 1. The van der Waals surface area contributed by atoms with E-state index in [9.17, 15) is 14.4 Å². The van der Waals surface area contributed by atoms with Crippen LogP contribution in [-0.4, -0.2) is 54.5 Å². The summed E-state index contributed by atoms with van der Waals surface area (Å²) in [5, 5.41) is 2.66. The van der Waals surface area contributed by atoms with E-state index >= 15 is 0 Å². The molecule has 2 heterocycles. The Morgan fingerprint density at radius 3 is 2.79 bits per heavy atom. The number of amides is 3. The molecule has 7 heteroatoms. The SMILES string of the molecule is CN1C(=O)CCC(NC(=O)C2CCC(CN)O2)C1=O. The summed E-state index contributed by atoms with van der Waals surface area (Å²) in [5.41, 5.74) is 5.48. The van der Waals surface area contributed by atoms with Gasteiger partial charge in [-0.3, -0.25) is 19.3 Å². The van der Waals surface area contributed by atoms with Crippen molar-refractivity contribution in [2.45, 2.75) is 43.9 Å². The van der Waals surface area contributed by atoms with Crippen molar-refractivity contribution < 1.29 is 19.1 Å². The number of nitrogens with zero attached hydrogens (tertiary/aromatic N) is 1. The van der Waals surface area contributed by atoms with Crippen molar-refractivity contribution in [1.29, 1.82) is 0 Å². The standard InChI is InChI=1S/C12H19N3O4/c1-15-10(16)5-3-8(12(15)18)14-11(17)9-4-2-7(6-13)19-9/h7-9H,2-6,13H2,1H3,(H,14,17). The molecule has 106 valence electrons. The summed E-state index contributed by atoms with van der Waals surface area (Å²) in [7, 11) is 1.43. The second-order valence-corrected chi connectivity index (χ2v) is 4.95. The lowest BCUT2D eigenvalue weighted by molar-refractivity contribution is -0.150. The largest absolute Gasteiger partial charge is 0.364 e. The van der Waals surface area contributed by atoms with E-state index in [-0.39, 0.29) is 30.2 Å². The summed E-state index contributed by atoms with van der Waals surface area (Å²) < 4.78 is 5.47. The maximum absolute atomic E-state index is 12.0. The van der Waals surface area contributed by atoms with Crippen LogP contribution in [0.1, 0.15) is 25.7 Å². The van der Waals surface area contributed by atoms with E-state index in [0.717, 1.165) is 11.3 Å². The molecular formula is C12H19N3O4. The fourth-order valence-electron chi connectivity index (χ4n) is 2.39. The number of nitrogens with one attached hydrogen (secondary N) is 1. The minimum atomic E-state index is -0.629. The monoisotopic (exact) mass is 269 g/mol. The number of ether oxygens (including phenoxy) is 1. The number of piperidine rings is 1. The van der Waals surface area contributed by atoms with Gasteiger partial charge in [0.2, 0.25) is 11.8 Å². The van der Waals surface area contributed by atoms with Gasteiger partial charge in [0.05, 0.1) is 6.10 Å². The molecule has 0 aromatic heterocycles. The molecular weight excluding hydrogens is 250 g/mol. The molecule has 2 fully saturated rings. The molecule has 0 spiro atoms. The number of imide groups is 1. The van der Waals surface area contributed by atoms with Crippen LogP contribution in [0.4, 0.5) is 0 Å². The Kier molecular flexibility index (Phi) is 4.16. The van der Waals surface area contributed by atoms with Crippen molar-refractivity contribution in [2.75, 3.05) is 13.6 Å². The Hall–Kier alpha value is -1.47. The van der Waals surface area contributed by atoms with Crippen LogP contribution >= 0.6 is 0 Å². The van der Waals surface area contributed by atoms with Crippen LogP contribution in [0, 0.1) is 0 Å². The van der Waals surface area contributed by atoms with Gasteiger partial charge in [0.25, 0.3) is 5.91 Å². The van der Waals surface area contributed by atoms with Crippen molar-refractivity contribution in [3.63, 3.8) is 0 Å². The Balaban J connectivity index is 1.89. The third-order valence-electron chi connectivity index (χ3n) is 3.63. The van der Waals surface area contributed by atoms with E-state index < -0.39 is 12.1 Å². The first-order valence-corrected chi connectivity index (χ1v) is 6.49. The summed E-state index contributed by atoms with van der Waals surface area (Å²) in [5.74, 6) is -0.870. The molecule has 0 aliphatic carbocycles. The van der Waals surface area contributed by atoms with Gasteiger partial charge in [-0.1, -0.05) is 0 Å². The van der Waals surface area contributed by atoms with Gasteiger partial charge in [0, 0.05) is 20.0 Å². The number of nitrogens with two attached hydrogens (primary N) is 1. The first-order valence-electron chi connectivity index (χ1n) is 6.49.